The van der Waals surface area contributed by atoms with Crippen LogP contribution in [0.2, 0.25) is 0 Å². The van der Waals surface area contributed by atoms with Crippen LogP contribution in [0, 0.1) is 0 Å². The van der Waals surface area contributed by atoms with Crippen LogP contribution in [0.3, 0.4) is 0 Å². The molecule has 2 fully saturated rings. The van der Waals surface area contributed by atoms with Gasteiger partial charge in [-0.05, 0) is 18.6 Å². The van der Waals surface area contributed by atoms with E-state index in [2.05, 4.69) is 17.2 Å². The van der Waals surface area contributed by atoms with Crippen molar-refractivity contribution in [1.29, 1.82) is 0 Å². The van der Waals surface area contributed by atoms with Crippen LogP contribution in [0.1, 0.15) is 36.7 Å². The molecule has 120 valence electrons. The van der Waals surface area contributed by atoms with Crippen molar-refractivity contribution in [3.8, 4) is 0 Å². The third kappa shape index (κ3) is 3.23. The van der Waals surface area contributed by atoms with Crippen LogP contribution >= 0.6 is 0 Å². The standard InChI is InChI=1S/C16H23N3O3/c1-2-6-17-13-3-7-18-14(12-13)15(20)19-8-4-16(5-9-19)21-10-11-22-16/h3,7,12H,2,4-6,8-11H2,1H3,(H,17,18). The molecule has 1 N–H and O–H groups in total. The highest BCUT2D eigenvalue weighted by atomic mass is 16.7. The fraction of sp³-hybridized carbons (Fsp3) is 0.625. The van der Waals surface area contributed by atoms with E-state index in [9.17, 15) is 4.79 Å². The first-order valence-corrected chi connectivity index (χ1v) is 7.99. The third-order valence-electron chi connectivity index (χ3n) is 4.18. The lowest BCUT2D eigenvalue weighted by Crippen LogP contribution is -2.47. The maximum Gasteiger partial charge on any atom is 0.272 e. The van der Waals surface area contributed by atoms with Crippen molar-refractivity contribution in [3.05, 3.63) is 24.0 Å². The zero-order valence-corrected chi connectivity index (χ0v) is 13.0. The van der Waals surface area contributed by atoms with Gasteiger partial charge in [0.15, 0.2) is 5.79 Å². The molecule has 1 aromatic rings. The number of pyridine rings is 1. The first-order valence-electron chi connectivity index (χ1n) is 7.99. The van der Waals surface area contributed by atoms with Gasteiger partial charge in [-0.3, -0.25) is 9.78 Å². The molecule has 0 atom stereocenters. The Kier molecular flexibility index (Phi) is 4.59. The largest absolute Gasteiger partial charge is 0.385 e. The summed E-state index contributed by atoms with van der Waals surface area (Å²) in [6, 6.07) is 3.71. The van der Waals surface area contributed by atoms with Gasteiger partial charge < -0.3 is 19.7 Å². The van der Waals surface area contributed by atoms with Gasteiger partial charge in [0.2, 0.25) is 0 Å². The molecule has 0 aliphatic carbocycles. The van der Waals surface area contributed by atoms with Crippen molar-refractivity contribution in [2.45, 2.75) is 32.0 Å². The van der Waals surface area contributed by atoms with E-state index in [1.165, 1.54) is 0 Å². The number of anilines is 1. The maximum atomic E-state index is 12.6. The normalized spacial score (nSPS) is 20.3. The van der Waals surface area contributed by atoms with Crippen LogP contribution < -0.4 is 5.32 Å². The van der Waals surface area contributed by atoms with Gasteiger partial charge in [-0.2, -0.15) is 0 Å². The van der Waals surface area contributed by atoms with Crippen LogP contribution in [0.5, 0.6) is 0 Å². The molecular weight excluding hydrogens is 282 g/mol. The summed E-state index contributed by atoms with van der Waals surface area (Å²) < 4.78 is 11.4. The molecule has 0 bridgehead atoms. The summed E-state index contributed by atoms with van der Waals surface area (Å²) in [5.41, 5.74) is 1.43. The Labute approximate surface area is 130 Å². The Morgan fingerprint density at radius 3 is 2.77 bits per heavy atom. The van der Waals surface area contributed by atoms with E-state index in [-0.39, 0.29) is 5.91 Å². The minimum absolute atomic E-state index is 0.0204. The van der Waals surface area contributed by atoms with E-state index >= 15 is 0 Å². The number of nitrogens with zero attached hydrogens (tertiary/aromatic N) is 2. The molecule has 6 heteroatoms. The molecule has 6 nitrogen and oxygen atoms in total. The number of rotatable bonds is 4. The number of hydrogen-bond donors (Lipinski definition) is 1. The van der Waals surface area contributed by atoms with Gasteiger partial charge in [-0.25, -0.2) is 0 Å². The number of nitrogens with one attached hydrogen (secondary N) is 1. The van der Waals surface area contributed by atoms with E-state index < -0.39 is 5.79 Å². The highest BCUT2D eigenvalue weighted by molar-refractivity contribution is 5.93. The maximum absolute atomic E-state index is 12.6. The highest BCUT2D eigenvalue weighted by Gasteiger charge is 2.41. The fourth-order valence-electron chi connectivity index (χ4n) is 2.92. The van der Waals surface area contributed by atoms with Gasteiger partial charge in [0.25, 0.3) is 5.91 Å². The molecule has 3 rings (SSSR count). The molecule has 3 heterocycles. The van der Waals surface area contributed by atoms with Gasteiger partial charge in [0.05, 0.1) is 13.2 Å². The molecule has 1 amide bonds. The number of amides is 1. The summed E-state index contributed by atoms with van der Waals surface area (Å²) in [4.78, 5) is 18.6. The van der Waals surface area contributed by atoms with Crippen LogP contribution in [0.25, 0.3) is 0 Å². The summed E-state index contributed by atoms with van der Waals surface area (Å²) >= 11 is 0. The predicted octanol–water partition coefficient (Wildman–Crippen LogP) is 1.88. The SMILES string of the molecule is CCCNc1ccnc(C(=O)N2CCC3(CC2)OCCO3)c1. The van der Waals surface area contributed by atoms with Crippen LogP contribution in [0.4, 0.5) is 5.69 Å². The summed E-state index contributed by atoms with van der Waals surface area (Å²) in [5.74, 6) is -0.470. The molecule has 2 aliphatic rings. The Balaban J connectivity index is 1.62. The second kappa shape index (κ2) is 6.62. The van der Waals surface area contributed by atoms with Gasteiger partial charge in [0, 0.05) is 44.4 Å². The fourth-order valence-corrected chi connectivity index (χ4v) is 2.92. The minimum atomic E-state index is -0.450. The quantitative estimate of drug-likeness (QED) is 0.920. The Morgan fingerprint density at radius 1 is 1.36 bits per heavy atom. The van der Waals surface area contributed by atoms with Crippen molar-refractivity contribution in [1.82, 2.24) is 9.88 Å². The third-order valence-corrected chi connectivity index (χ3v) is 4.18. The van der Waals surface area contributed by atoms with E-state index in [1.807, 2.05) is 17.0 Å². The monoisotopic (exact) mass is 305 g/mol. The average Bonchev–Trinajstić information content (AvgIpc) is 3.01. The van der Waals surface area contributed by atoms with Crippen LogP contribution in [-0.4, -0.2) is 54.4 Å². The Bertz CT molecular complexity index is 519. The number of carbonyl (C=O) groups excluding carboxylic acids is 1. The number of carbonyl (C=O) groups is 1. The van der Waals surface area contributed by atoms with Crippen molar-refractivity contribution < 1.29 is 14.3 Å². The van der Waals surface area contributed by atoms with E-state index in [4.69, 9.17) is 9.47 Å². The number of hydrogen-bond acceptors (Lipinski definition) is 5. The minimum Gasteiger partial charge on any atom is -0.385 e. The number of ether oxygens (including phenoxy) is 2. The van der Waals surface area contributed by atoms with E-state index in [0.29, 0.717) is 32.0 Å². The molecule has 22 heavy (non-hydrogen) atoms. The van der Waals surface area contributed by atoms with Gasteiger partial charge in [0.1, 0.15) is 5.69 Å². The van der Waals surface area contributed by atoms with E-state index in [1.54, 1.807) is 6.20 Å². The lowest BCUT2D eigenvalue weighted by atomic mass is 10.0. The molecule has 2 saturated heterocycles. The van der Waals surface area contributed by atoms with Crippen molar-refractivity contribution in [2.24, 2.45) is 0 Å². The number of piperidine rings is 1. The highest BCUT2D eigenvalue weighted by Crippen LogP contribution is 2.31. The second-order valence-corrected chi connectivity index (χ2v) is 5.76. The Hall–Kier alpha value is -1.66. The lowest BCUT2D eigenvalue weighted by molar-refractivity contribution is -0.181. The average molecular weight is 305 g/mol. The van der Waals surface area contributed by atoms with E-state index in [0.717, 1.165) is 31.5 Å². The van der Waals surface area contributed by atoms with Crippen molar-refractivity contribution >= 4 is 11.6 Å². The number of aromatic nitrogens is 1. The first-order chi connectivity index (χ1) is 10.7. The molecular formula is C16H23N3O3. The predicted molar refractivity (Wildman–Crippen MR) is 82.8 cm³/mol. The molecule has 1 aromatic heterocycles. The van der Waals surface area contributed by atoms with Gasteiger partial charge >= 0.3 is 0 Å². The summed E-state index contributed by atoms with van der Waals surface area (Å²) in [7, 11) is 0. The topological polar surface area (TPSA) is 63.7 Å². The molecule has 1 spiro atoms. The van der Waals surface area contributed by atoms with Crippen molar-refractivity contribution in [2.75, 3.05) is 38.2 Å². The summed E-state index contributed by atoms with van der Waals surface area (Å²) in [6.07, 6.45) is 4.18. The van der Waals surface area contributed by atoms with Gasteiger partial charge in [-0.15, -0.1) is 0 Å². The smallest absolute Gasteiger partial charge is 0.272 e. The first kappa shape index (κ1) is 15.2. The molecule has 2 aliphatic heterocycles. The zero-order valence-electron chi connectivity index (χ0n) is 13.0. The zero-order chi connectivity index (χ0) is 15.4. The lowest BCUT2D eigenvalue weighted by Gasteiger charge is -2.37. The number of likely N-dealkylation sites (tertiary alicyclic amines) is 1. The molecule has 0 unspecified atom stereocenters. The second-order valence-electron chi connectivity index (χ2n) is 5.76. The molecule has 0 saturated carbocycles. The van der Waals surface area contributed by atoms with Crippen LogP contribution in [0.15, 0.2) is 18.3 Å². The summed E-state index contributed by atoms with van der Waals surface area (Å²) in [6.45, 7) is 5.59. The van der Waals surface area contributed by atoms with Crippen LogP contribution in [-0.2, 0) is 9.47 Å². The Morgan fingerprint density at radius 2 is 2.09 bits per heavy atom. The summed E-state index contributed by atoms with van der Waals surface area (Å²) in [5, 5.41) is 3.28. The molecule has 0 aromatic carbocycles. The van der Waals surface area contributed by atoms with Gasteiger partial charge in [-0.1, -0.05) is 6.92 Å². The van der Waals surface area contributed by atoms with Crippen molar-refractivity contribution in [3.63, 3.8) is 0 Å². The molecule has 0 radical (unpaired) electrons.